The molecule has 1 aromatic heterocycles. The second kappa shape index (κ2) is 10.2. The van der Waals surface area contributed by atoms with Gasteiger partial charge in [0, 0.05) is 18.5 Å². The molecule has 1 N–H and O–H groups in total. The highest BCUT2D eigenvalue weighted by molar-refractivity contribution is 5.85. The molecule has 1 amide bonds. The summed E-state index contributed by atoms with van der Waals surface area (Å²) in [5.74, 6) is 1.77. The van der Waals surface area contributed by atoms with Crippen LogP contribution in [0.25, 0.3) is 11.3 Å². The van der Waals surface area contributed by atoms with Crippen LogP contribution in [-0.4, -0.2) is 30.4 Å². The monoisotopic (exact) mass is 430 g/mol. The molecule has 1 aliphatic rings. The maximum Gasteiger partial charge on any atom is 0.416 e. The van der Waals surface area contributed by atoms with E-state index in [2.05, 4.69) is 5.32 Å². The van der Waals surface area contributed by atoms with E-state index in [1.807, 2.05) is 6.92 Å². The summed E-state index contributed by atoms with van der Waals surface area (Å²) in [5, 5.41) is 3.31. The lowest BCUT2D eigenvalue weighted by molar-refractivity contribution is -0.137. The molecule has 0 bridgehead atoms. The number of carbonyl (C=O) groups excluding carboxylic acids is 1. The van der Waals surface area contributed by atoms with Crippen LogP contribution in [0.2, 0.25) is 0 Å². The van der Waals surface area contributed by atoms with E-state index in [1.54, 1.807) is 17.0 Å². The number of carbonyl (C=O) groups is 1. The van der Waals surface area contributed by atoms with Crippen LogP contribution in [-0.2, 0) is 17.5 Å². The lowest BCUT2D eigenvalue weighted by Gasteiger charge is -2.20. The average Bonchev–Trinajstić information content (AvgIpc) is 3.35. The fourth-order valence-corrected chi connectivity index (χ4v) is 3.45. The van der Waals surface area contributed by atoms with Crippen molar-refractivity contribution in [3.63, 3.8) is 0 Å². The molecule has 0 radical (unpaired) electrons. The van der Waals surface area contributed by atoms with Gasteiger partial charge in [-0.2, -0.15) is 13.2 Å². The summed E-state index contributed by atoms with van der Waals surface area (Å²) in [4.78, 5) is 14.2. The Balaban J connectivity index is 0.00000300. The number of nitrogens with zero attached hydrogens (tertiary/aromatic N) is 1. The molecule has 3 rings (SSSR count). The van der Waals surface area contributed by atoms with Crippen LogP contribution in [0.15, 0.2) is 40.8 Å². The molecule has 4 nitrogen and oxygen atoms in total. The summed E-state index contributed by atoms with van der Waals surface area (Å²) in [6.07, 6.45) is -1.83. The van der Waals surface area contributed by atoms with Crippen LogP contribution in [0.5, 0.6) is 0 Å². The van der Waals surface area contributed by atoms with Gasteiger partial charge in [-0.1, -0.05) is 12.1 Å². The number of amides is 1. The molecule has 2 aromatic rings. The Kier molecular flexibility index (Phi) is 8.16. The smallest absolute Gasteiger partial charge is 0.416 e. The van der Waals surface area contributed by atoms with E-state index in [0.717, 1.165) is 38.1 Å². The zero-order chi connectivity index (χ0) is 20.1. The zero-order valence-corrected chi connectivity index (χ0v) is 17.1. The molecule has 1 saturated heterocycles. The summed E-state index contributed by atoms with van der Waals surface area (Å²) >= 11 is 0. The van der Waals surface area contributed by atoms with Crippen molar-refractivity contribution in [2.45, 2.75) is 38.9 Å². The number of furan rings is 1. The number of benzene rings is 1. The Hall–Kier alpha value is -1.99. The Morgan fingerprint density at radius 2 is 1.93 bits per heavy atom. The molecule has 160 valence electrons. The number of hydrogen-bond donors (Lipinski definition) is 1. The summed E-state index contributed by atoms with van der Waals surface area (Å²) < 4.78 is 43.8. The lowest BCUT2D eigenvalue weighted by atomic mass is 10.0. The first kappa shape index (κ1) is 23.3. The van der Waals surface area contributed by atoms with E-state index in [-0.39, 0.29) is 18.3 Å². The van der Waals surface area contributed by atoms with Crippen LogP contribution < -0.4 is 5.32 Å². The molecular weight excluding hydrogens is 405 g/mol. The molecule has 8 heteroatoms. The highest BCUT2D eigenvalue weighted by Crippen LogP contribution is 2.31. The minimum atomic E-state index is -4.36. The number of nitrogens with one attached hydrogen (secondary N) is 1. The number of alkyl halides is 3. The van der Waals surface area contributed by atoms with Crippen molar-refractivity contribution < 1.29 is 22.4 Å². The molecule has 1 aliphatic heterocycles. The van der Waals surface area contributed by atoms with E-state index in [0.29, 0.717) is 42.5 Å². The molecule has 1 atom stereocenters. The minimum Gasteiger partial charge on any atom is -0.459 e. The maximum absolute atomic E-state index is 12.7. The van der Waals surface area contributed by atoms with E-state index in [9.17, 15) is 18.0 Å². The fourth-order valence-electron chi connectivity index (χ4n) is 3.45. The van der Waals surface area contributed by atoms with Crippen molar-refractivity contribution in [3.8, 4) is 11.3 Å². The van der Waals surface area contributed by atoms with E-state index in [1.165, 1.54) is 12.1 Å². The molecule has 2 heterocycles. The Labute approximate surface area is 174 Å². The van der Waals surface area contributed by atoms with Gasteiger partial charge in [0.1, 0.15) is 11.5 Å². The molecule has 0 saturated carbocycles. The van der Waals surface area contributed by atoms with Gasteiger partial charge in [0.25, 0.3) is 0 Å². The maximum atomic E-state index is 12.7. The molecule has 0 aliphatic carbocycles. The van der Waals surface area contributed by atoms with Crippen LogP contribution in [0.1, 0.15) is 37.5 Å². The van der Waals surface area contributed by atoms with E-state index in [4.69, 9.17) is 4.42 Å². The van der Waals surface area contributed by atoms with Gasteiger partial charge >= 0.3 is 6.18 Å². The third kappa shape index (κ3) is 6.24. The van der Waals surface area contributed by atoms with Crippen molar-refractivity contribution in [1.29, 1.82) is 0 Å². The van der Waals surface area contributed by atoms with Gasteiger partial charge in [-0.15, -0.1) is 12.4 Å². The first-order valence-corrected chi connectivity index (χ1v) is 9.61. The molecular formula is C21H26ClF3N2O2. The number of hydrogen-bond acceptors (Lipinski definition) is 3. The topological polar surface area (TPSA) is 45.5 Å². The second-order valence-corrected chi connectivity index (χ2v) is 7.15. The predicted octanol–water partition coefficient (Wildman–Crippen LogP) is 5.13. The zero-order valence-electron chi connectivity index (χ0n) is 16.3. The van der Waals surface area contributed by atoms with Crippen LogP contribution in [0.3, 0.4) is 0 Å². The van der Waals surface area contributed by atoms with Gasteiger partial charge in [-0.05, 0) is 63.0 Å². The van der Waals surface area contributed by atoms with E-state index < -0.39 is 11.7 Å². The number of rotatable bonds is 7. The highest BCUT2D eigenvalue weighted by Gasteiger charge is 2.30. The van der Waals surface area contributed by atoms with Crippen molar-refractivity contribution in [2.75, 3.05) is 19.6 Å². The lowest BCUT2D eigenvalue weighted by Crippen LogP contribution is -2.30. The first-order valence-electron chi connectivity index (χ1n) is 9.61. The van der Waals surface area contributed by atoms with Gasteiger partial charge in [0.2, 0.25) is 5.91 Å². The van der Waals surface area contributed by atoms with E-state index >= 15 is 0 Å². The van der Waals surface area contributed by atoms with Crippen LogP contribution in [0.4, 0.5) is 13.2 Å². The summed E-state index contributed by atoms with van der Waals surface area (Å²) in [5.41, 5.74) is -0.120. The Morgan fingerprint density at radius 3 is 2.52 bits per heavy atom. The first-order chi connectivity index (χ1) is 13.4. The third-order valence-electron chi connectivity index (χ3n) is 5.17. The van der Waals surface area contributed by atoms with Crippen molar-refractivity contribution in [3.05, 3.63) is 47.7 Å². The van der Waals surface area contributed by atoms with Crippen molar-refractivity contribution in [1.82, 2.24) is 10.2 Å². The molecule has 1 aromatic carbocycles. The highest BCUT2D eigenvalue weighted by atomic mass is 35.5. The Bertz CT molecular complexity index is 784. The van der Waals surface area contributed by atoms with Crippen LogP contribution >= 0.6 is 12.4 Å². The minimum absolute atomic E-state index is 0. The summed E-state index contributed by atoms with van der Waals surface area (Å²) in [7, 11) is 0. The van der Waals surface area contributed by atoms with Gasteiger partial charge in [0.15, 0.2) is 0 Å². The normalized spacial score (nSPS) is 16.5. The largest absolute Gasteiger partial charge is 0.459 e. The third-order valence-corrected chi connectivity index (χ3v) is 5.17. The van der Waals surface area contributed by atoms with Gasteiger partial charge < -0.3 is 14.6 Å². The Morgan fingerprint density at radius 1 is 1.21 bits per heavy atom. The second-order valence-electron chi connectivity index (χ2n) is 7.15. The van der Waals surface area contributed by atoms with Crippen molar-refractivity contribution in [2.24, 2.45) is 5.92 Å². The fraction of sp³-hybridized carbons (Fsp3) is 0.476. The molecule has 1 fully saturated rings. The molecule has 0 spiro atoms. The van der Waals surface area contributed by atoms with Gasteiger partial charge in [0.05, 0.1) is 12.1 Å². The average molecular weight is 431 g/mol. The SMILES string of the molecule is CCN(Cc1ccc(-c2ccc(C(F)(F)F)cc2)o1)C(=O)CCC1CCNC1.Cl. The van der Waals surface area contributed by atoms with Crippen molar-refractivity contribution >= 4 is 18.3 Å². The summed E-state index contributed by atoms with van der Waals surface area (Å²) in [6, 6.07) is 8.35. The predicted molar refractivity (Wildman–Crippen MR) is 108 cm³/mol. The molecule has 29 heavy (non-hydrogen) atoms. The quantitative estimate of drug-likeness (QED) is 0.662. The standard InChI is InChI=1S/C21H25F3N2O2.ClH/c1-2-26(20(27)10-3-15-11-12-25-13-15)14-18-8-9-19(28-18)16-4-6-17(7-5-16)21(22,23)24;/h4-9,15,25H,2-3,10-14H2,1H3;1H. The molecule has 1 unspecified atom stereocenters. The van der Waals surface area contributed by atoms with Gasteiger partial charge in [-0.3, -0.25) is 4.79 Å². The number of halogens is 4. The summed E-state index contributed by atoms with van der Waals surface area (Å²) in [6.45, 7) is 4.87. The van der Waals surface area contributed by atoms with Gasteiger partial charge in [-0.25, -0.2) is 0 Å². The van der Waals surface area contributed by atoms with Crippen LogP contribution in [0, 0.1) is 5.92 Å².